The summed E-state index contributed by atoms with van der Waals surface area (Å²) in [5, 5.41) is 13.8. The molecule has 0 unspecified atom stereocenters. The summed E-state index contributed by atoms with van der Waals surface area (Å²) >= 11 is 0. The monoisotopic (exact) mass is 487 g/mol. The lowest BCUT2D eigenvalue weighted by Crippen LogP contribution is -2.30. The number of nitrogens with zero attached hydrogens (tertiary/aromatic N) is 4. The Balaban J connectivity index is 1.80. The molecule has 0 radical (unpaired) electrons. The Kier molecular flexibility index (Phi) is 7.68. The Morgan fingerprint density at radius 1 is 1.15 bits per heavy atom. The number of amides is 1. The van der Waals surface area contributed by atoms with Gasteiger partial charge in [0.25, 0.3) is 5.69 Å². The predicted octanol–water partition coefficient (Wildman–Crippen LogP) is 3.87. The van der Waals surface area contributed by atoms with Gasteiger partial charge in [0.1, 0.15) is 5.82 Å². The molecule has 2 aromatic carbocycles. The molecule has 0 bridgehead atoms. The van der Waals surface area contributed by atoms with E-state index in [-0.39, 0.29) is 22.9 Å². The van der Waals surface area contributed by atoms with Gasteiger partial charge in [0.2, 0.25) is 15.9 Å². The smallest absolute Gasteiger partial charge is 0.274 e. The molecule has 0 aliphatic carbocycles. The first-order chi connectivity index (χ1) is 16.1. The van der Waals surface area contributed by atoms with E-state index in [9.17, 15) is 23.3 Å². The molecule has 11 heteroatoms. The van der Waals surface area contributed by atoms with Crippen LogP contribution in [-0.2, 0) is 27.8 Å². The number of nitro benzene ring substituents is 1. The molecule has 3 aromatic rings. The number of aryl methyl sites for hydroxylation is 3. The molecule has 0 aliphatic rings. The van der Waals surface area contributed by atoms with Crippen molar-refractivity contribution in [1.82, 2.24) is 13.9 Å². The Labute approximate surface area is 198 Å². The molecule has 0 fully saturated rings. The van der Waals surface area contributed by atoms with Crippen LogP contribution in [0, 0.1) is 17.0 Å². The maximum atomic E-state index is 12.9. The highest BCUT2D eigenvalue weighted by atomic mass is 32.2. The van der Waals surface area contributed by atoms with E-state index in [0.29, 0.717) is 48.6 Å². The molecule has 1 aromatic heterocycles. The van der Waals surface area contributed by atoms with Gasteiger partial charge in [-0.2, -0.15) is 4.31 Å². The first kappa shape index (κ1) is 25.3. The number of nitro groups is 1. The Morgan fingerprint density at radius 3 is 2.47 bits per heavy atom. The Morgan fingerprint density at radius 2 is 1.85 bits per heavy atom. The van der Waals surface area contributed by atoms with E-state index < -0.39 is 14.9 Å². The van der Waals surface area contributed by atoms with E-state index in [2.05, 4.69) is 10.3 Å². The molecular weight excluding hydrogens is 458 g/mol. The van der Waals surface area contributed by atoms with E-state index in [1.54, 1.807) is 51.1 Å². The summed E-state index contributed by atoms with van der Waals surface area (Å²) < 4.78 is 29.1. The van der Waals surface area contributed by atoms with Gasteiger partial charge < -0.3 is 9.88 Å². The standard InChI is InChI=1S/C23H29N5O5S/c1-5-26(6-2)34(32,33)18-10-11-20-19(15-18)25-22(27(20)7-3)12-13-23(29)24-17-9-8-16(4)21(14-17)28(30)31/h8-11,14-15H,5-7,12-13H2,1-4H3,(H,24,29). The van der Waals surface area contributed by atoms with Gasteiger partial charge in [0.05, 0.1) is 20.9 Å². The lowest BCUT2D eigenvalue weighted by Gasteiger charge is -2.18. The number of rotatable bonds is 10. The number of hydrogen-bond donors (Lipinski definition) is 1. The van der Waals surface area contributed by atoms with E-state index in [1.165, 1.54) is 10.4 Å². The van der Waals surface area contributed by atoms with Crippen molar-refractivity contribution < 1.29 is 18.1 Å². The minimum atomic E-state index is -3.60. The summed E-state index contributed by atoms with van der Waals surface area (Å²) in [4.78, 5) is 27.9. The lowest BCUT2D eigenvalue weighted by atomic mass is 10.2. The third-order valence-electron chi connectivity index (χ3n) is 5.72. The predicted molar refractivity (Wildman–Crippen MR) is 130 cm³/mol. The molecule has 0 saturated carbocycles. The molecule has 0 spiro atoms. The summed E-state index contributed by atoms with van der Waals surface area (Å²) in [5.41, 5.74) is 2.17. The molecule has 1 amide bonds. The van der Waals surface area contributed by atoms with Crippen molar-refractivity contribution in [2.45, 2.75) is 52.0 Å². The highest BCUT2D eigenvalue weighted by Gasteiger charge is 2.23. The van der Waals surface area contributed by atoms with Gasteiger partial charge in [0, 0.05) is 49.8 Å². The zero-order valence-corrected chi connectivity index (χ0v) is 20.6. The second-order valence-electron chi connectivity index (χ2n) is 7.82. The molecule has 0 saturated heterocycles. The number of benzene rings is 2. The van der Waals surface area contributed by atoms with Crippen molar-refractivity contribution in [1.29, 1.82) is 0 Å². The number of aromatic nitrogens is 2. The van der Waals surface area contributed by atoms with Crippen LogP contribution in [0.25, 0.3) is 11.0 Å². The zero-order chi connectivity index (χ0) is 25.0. The molecule has 182 valence electrons. The number of fused-ring (bicyclic) bond motifs is 1. The largest absolute Gasteiger partial charge is 0.328 e. The second-order valence-corrected chi connectivity index (χ2v) is 9.76. The third-order valence-corrected chi connectivity index (χ3v) is 7.77. The maximum absolute atomic E-state index is 12.9. The van der Waals surface area contributed by atoms with Crippen molar-refractivity contribution >= 4 is 38.3 Å². The summed E-state index contributed by atoms with van der Waals surface area (Å²) in [7, 11) is -3.60. The molecule has 1 heterocycles. The fraction of sp³-hybridized carbons (Fsp3) is 0.391. The first-order valence-corrected chi connectivity index (χ1v) is 12.6. The fourth-order valence-electron chi connectivity index (χ4n) is 3.91. The maximum Gasteiger partial charge on any atom is 0.274 e. The Hall–Kier alpha value is -3.31. The summed E-state index contributed by atoms with van der Waals surface area (Å²) in [5.74, 6) is 0.373. The minimum Gasteiger partial charge on any atom is -0.328 e. The van der Waals surface area contributed by atoms with E-state index >= 15 is 0 Å². The number of anilines is 1. The average molecular weight is 488 g/mol. The third kappa shape index (κ3) is 5.10. The van der Waals surface area contributed by atoms with Gasteiger partial charge in [-0.25, -0.2) is 13.4 Å². The molecule has 0 aliphatic heterocycles. The van der Waals surface area contributed by atoms with Crippen molar-refractivity contribution in [3.63, 3.8) is 0 Å². The van der Waals surface area contributed by atoms with Gasteiger partial charge in [-0.05, 0) is 38.1 Å². The van der Waals surface area contributed by atoms with Crippen LogP contribution in [0.1, 0.15) is 38.6 Å². The number of imidazole rings is 1. The van der Waals surface area contributed by atoms with Crippen LogP contribution in [0.3, 0.4) is 0 Å². The normalized spacial score (nSPS) is 11.8. The van der Waals surface area contributed by atoms with Gasteiger partial charge in [-0.1, -0.05) is 19.9 Å². The van der Waals surface area contributed by atoms with Gasteiger partial charge in [-0.3, -0.25) is 14.9 Å². The highest BCUT2D eigenvalue weighted by molar-refractivity contribution is 7.89. The van der Waals surface area contributed by atoms with Crippen LogP contribution in [0.15, 0.2) is 41.3 Å². The van der Waals surface area contributed by atoms with Crippen molar-refractivity contribution in [3.05, 3.63) is 57.9 Å². The van der Waals surface area contributed by atoms with Crippen molar-refractivity contribution in [2.75, 3.05) is 18.4 Å². The summed E-state index contributed by atoms with van der Waals surface area (Å²) in [6, 6.07) is 9.46. The molecule has 0 atom stereocenters. The van der Waals surface area contributed by atoms with E-state index in [4.69, 9.17) is 0 Å². The second kappa shape index (κ2) is 10.3. The molecule has 10 nitrogen and oxygen atoms in total. The summed E-state index contributed by atoms with van der Waals surface area (Å²) in [6.07, 6.45) is 0.454. The number of sulfonamides is 1. The quantitative estimate of drug-likeness (QED) is 0.341. The van der Waals surface area contributed by atoms with Crippen LogP contribution in [0.5, 0.6) is 0 Å². The number of carbonyl (C=O) groups excluding carboxylic acids is 1. The number of nitrogens with one attached hydrogen (secondary N) is 1. The molecule has 3 rings (SSSR count). The first-order valence-electron chi connectivity index (χ1n) is 11.2. The van der Waals surface area contributed by atoms with Crippen LogP contribution >= 0.6 is 0 Å². The molecular formula is C23H29N5O5S. The van der Waals surface area contributed by atoms with E-state index in [0.717, 1.165) is 5.52 Å². The van der Waals surface area contributed by atoms with Crippen LogP contribution in [0.2, 0.25) is 0 Å². The highest BCUT2D eigenvalue weighted by Crippen LogP contribution is 2.25. The fourth-order valence-corrected chi connectivity index (χ4v) is 5.39. The van der Waals surface area contributed by atoms with Crippen molar-refractivity contribution in [3.8, 4) is 0 Å². The Bertz CT molecular complexity index is 1330. The minimum absolute atomic E-state index is 0.0546. The number of carbonyl (C=O) groups is 1. The van der Waals surface area contributed by atoms with Gasteiger partial charge in [0.15, 0.2) is 0 Å². The van der Waals surface area contributed by atoms with Crippen LogP contribution in [-0.4, -0.2) is 46.2 Å². The van der Waals surface area contributed by atoms with Gasteiger partial charge >= 0.3 is 0 Å². The van der Waals surface area contributed by atoms with E-state index in [1.807, 2.05) is 11.5 Å². The molecule has 1 N–H and O–H groups in total. The van der Waals surface area contributed by atoms with Gasteiger partial charge in [-0.15, -0.1) is 0 Å². The topological polar surface area (TPSA) is 127 Å². The number of hydrogen-bond acceptors (Lipinski definition) is 6. The SMILES string of the molecule is CCN(CC)S(=O)(=O)c1ccc2c(c1)nc(CCC(=O)Nc1ccc(C)c([N+](=O)[O-])c1)n2CC. The van der Waals surface area contributed by atoms with Crippen molar-refractivity contribution in [2.24, 2.45) is 0 Å². The molecule has 34 heavy (non-hydrogen) atoms. The zero-order valence-electron chi connectivity index (χ0n) is 19.7. The average Bonchev–Trinajstić information content (AvgIpc) is 3.16. The lowest BCUT2D eigenvalue weighted by molar-refractivity contribution is -0.385. The summed E-state index contributed by atoms with van der Waals surface area (Å²) in [6.45, 7) is 8.55. The van der Waals surface area contributed by atoms with Crippen LogP contribution < -0.4 is 5.32 Å². The van der Waals surface area contributed by atoms with Crippen LogP contribution in [0.4, 0.5) is 11.4 Å².